The summed E-state index contributed by atoms with van der Waals surface area (Å²) in [7, 11) is 0. The van der Waals surface area contributed by atoms with Crippen molar-refractivity contribution in [1.82, 2.24) is 20.4 Å². The van der Waals surface area contributed by atoms with Gasteiger partial charge in [-0.05, 0) is 40.0 Å². The lowest BCUT2D eigenvalue weighted by Crippen LogP contribution is -1.83. The van der Waals surface area contributed by atoms with E-state index in [0.29, 0.717) is 0 Å². The number of nitrogens with one attached hydrogen (secondary N) is 1. The molecular weight excluding hydrogens is 272 g/mol. The van der Waals surface area contributed by atoms with Crippen LogP contribution in [-0.4, -0.2) is 20.4 Å². The van der Waals surface area contributed by atoms with Crippen molar-refractivity contribution >= 4 is 11.0 Å². The predicted octanol–water partition coefficient (Wildman–Crippen LogP) is 3.61. The monoisotopic (exact) mass is 286 g/mol. The molecule has 4 aromatic rings. The number of fused-ring (bicyclic) bond motifs is 4. The molecule has 0 spiro atoms. The Morgan fingerprint density at radius 1 is 0.818 bits per heavy atom. The lowest BCUT2D eigenvalue weighted by Gasteiger charge is -1.98. The first-order valence-corrected chi connectivity index (χ1v) is 7.19. The Bertz CT molecular complexity index is 853. The van der Waals surface area contributed by atoms with E-state index in [1.54, 1.807) is 12.4 Å². The molecule has 22 heavy (non-hydrogen) atoms. The predicted molar refractivity (Wildman–Crippen MR) is 86.4 cm³/mol. The standard InChI is InChI=1S/C13H10.C5H4N4/c1-3-7-12-10(5-1)9-11-6-2-4-8-13(11)12;1-2-6-5-3-7-9-8-4(1)5/h1-8H,9H2;1-3,6H. The van der Waals surface area contributed by atoms with Gasteiger partial charge in [-0.2, -0.15) is 0 Å². The highest BCUT2D eigenvalue weighted by atomic mass is 15.3. The largest absolute Gasteiger partial charge is 0.358 e. The minimum absolute atomic E-state index is 0.852. The molecule has 4 heteroatoms. The molecule has 2 aromatic heterocycles. The van der Waals surface area contributed by atoms with Crippen LogP contribution in [0.15, 0.2) is 67.0 Å². The molecule has 0 bridgehead atoms. The van der Waals surface area contributed by atoms with Crippen molar-refractivity contribution in [2.75, 3.05) is 0 Å². The van der Waals surface area contributed by atoms with Crippen molar-refractivity contribution in [2.45, 2.75) is 6.42 Å². The van der Waals surface area contributed by atoms with Gasteiger partial charge in [-0.15, -0.1) is 10.2 Å². The molecule has 5 rings (SSSR count). The van der Waals surface area contributed by atoms with Crippen LogP contribution in [0.4, 0.5) is 0 Å². The summed E-state index contributed by atoms with van der Waals surface area (Å²) in [6.07, 6.45) is 4.55. The first-order valence-electron chi connectivity index (χ1n) is 7.19. The van der Waals surface area contributed by atoms with Crippen LogP contribution in [0, 0.1) is 0 Å². The summed E-state index contributed by atoms with van der Waals surface area (Å²) in [5.41, 5.74) is 7.53. The molecule has 1 aliphatic carbocycles. The quantitative estimate of drug-likeness (QED) is 0.473. The molecule has 2 heterocycles. The SMILES string of the molecule is c1cc2nnncc2[nH]1.c1ccc2c(c1)Cc1ccccc1-2. The van der Waals surface area contributed by atoms with Crippen molar-refractivity contribution in [2.24, 2.45) is 0 Å². The summed E-state index contributed by atoms with van der Waals surface area (Å²) < 4.78 is 0. The van der Waals surface area contributed by atoms with Crippen LogP contribution in [0.3, 0.4) is 0 Å². The Balaban J connectivity index is 0.000000122. The fourth-order valence-electron chi connectivity index (χ4n) is 2.80. The van der Waals surface area contributed by atoms with E-state index < -0.39 is 0 Å². The highest BCUT2D eigenvalue weighted by Crippen LogP contribution is 2.35. The highest BCUT2D eigenvalue weighted by Gasteiger charge is 2.15. The van der Waals surface area contributed by atoms with Crippen LogP contribution in [-0.2, 0) is 6.42 Å². The summed E-state index contributed by atoms with van der Waals surface area (Å²) in [5.74, 6) is 0. The molecule has 0 saturated heterocycles. The first kappa shape index (κ1) is 12.7. The van der Waals surface area contributed by atoms with Gasteiger partial charge < -0.3 is 4.98 Å². The number of hydrogen-bond acceptors (Lipinski definition) is 3. The smallest absolute Gasteiger partial charge is 0.114 e. The maximum atomic E-state index is 3.75. The number of nitrogens with zero attached hydrogens (tertiary/aromatic N) is 3. The summed E-state index contributed by atoms with van der Waals surface area (Å²) >= 11 is 0. The van der Waals surface area contributed by atoms with Gasteiger partial charge in [0.1, 0.15) is 5.52 Å². The van der Waals surface area contributed by atoms with Gasteiger partial charge in [-0.3, -0.25) is 0 Å². The third-order valence-electron chi connectivity index (χ3n) is 3.85. The molecule has 0 aliphatic heterocycles. The van der Waals surface area contributed by atoms with Gasteiger partial charge in [0.15, 0.2) is 0 Å². The zero-order valence-electron chi connectivity index (χ0n) is 11.9. The number of hydrogen-bond donors (Lipinski definition) is 1. The van der Waals surface area contributed by atoms with E-state index in [0.717, 1.165) is 17.5 Å². The molecule has 4 nitrogen and oxygen atoms in total. The highest BCUT2D eigenvalue weighted by molar-refractivity contribution is 5.76. The number of rotatable bonds is 0. The van der Waals surface area contributed by atoms with Crippen LogP contribution >= 0.6 is 0 Å². The fraction of sp³-hybridized carbons (Fsp3) is 0.0556. The third kappa shape index (κ3) is 2.24. The number of H-pyrrole nitrogens is 1. The van der Waals surface area contributed by atoms with Crippen molar-refractivity contribution in [3.05, 3.63) is 78.1 Å². The van der Waals surface area contributed by atoms with E-state index in [2.05, 4.69) is 68.9 Å². The van der Waals surface area contributed by atoms with E-state index in [-0.39, 0.29) is 0 Å². The second-order valence-electron chi connectivity index (χ2n) is 5.20. The molecule has 0 radical (unpaired) electrons. The van der Waals surface area contributed by atoms with E-state index in [9.17, 15) is 0 Å². The van der Waals surface area contributed by atoms with Crippen LogP contribution in [0.25, 0.3) is 22.2 Å². The van der Waals surface area contributed by atoms with Crippen molar-refractivity contribution in [1.29, 1.82) is 0 Å². The molecule has 1 aliphatic rings. The van der Waals surface area contributed by atoms with Gasteiger partial charge in [-0.25, -0.2) is 0 Å². The lowest BCUT2D eigenvalue weighted by atomic mass is 10.1. The molecule has 0 atom stereocenters. The van der Waals surface area contributed by atoms with Crippen LogP contribution in [0.1, 0.15) is 11.1 Å². The number of aromatic nitrogens is 4. The zero-order valence-corrected chi connectivity index (χ0v) is 11.9. The van der Waals surface area contributed by atoms with Gasteiger partial charge in [0.25, 0.3) is 0 Å². The van der Waals surface area contributed by atoms with E-state index in [1.165, 1.54) is 22.3 Å². The minimum Gasteiger partial charge on any atom is -0.358 e. The molecular formula is C18H14N4. The number of aromatic amines is 1. The fourth-order valence-corrected chi connectivity index (χ4v) is 2.80. The van der Waals surface area contributed by atoms with E-state index in [4.69, 9.17) is 0 Å². The van der Waals surface area contributed by atoms with Crippen LogP contribution in [0.5, 0.6) is 0 Å². The minimum atomic E-state index is 0.852. The molecule has 0 amide bonds. The molecule has 2 aromatic carbocycles. The summed E-state index contributed by atoms with van der Waals surface area (Å²) in [6.45, 7) is 0. The average Bonchev–Trinajstić information content (AvgIpc) is 3.19. The van der Waals surface area contributed by atoms with E-state index >= 15 is 0 Å². The van der Waals surface area contributed by atoms with Gasteiger partial charge in [0.05, 0.1) is 11.7 Å². The average molecular weight is 286 g/mol. The maximum absolute atomic E-state index is 3.75. The maximum Gasteiger partial charge on any atom is 0.114 e. The molecule has 0 fully saturated rings. The third-order valence-corrected chi connectivity index (χ3v) is 3.85. The Morgan fingerprint density at radius 3 is 2.18 bits per heavy atom. The first-order chi connectivity index (χ1) is 10.9. The molecule has 0 saturated carbocycles. The van der Waals surface area contributed by atoms with Gasteiger partial charge in [0.2, 0.25) is 0 Å². The Hall–Kier alpha value is -3.01. The second-order valence-corrected chi connectivity index (χ2v) is 5.20. The second kappa shape index (κ2) is 5.41. The van der Waals surface area contributed by atoms with Crippen molar-refractivity contribution in [3.63, 3.8) is 0 Å². The van der Waals surface area contributed by atoms with Gasteiger partial charge in [0, 0.05) is 6.20 Å². The van der Waals surface area contributed by atoms with Crippen LogP contribution < -0.4 is 0 Å². The molecule has 106 valence electrons. The number of benzene rings is 2. The normalized spacial score (nSPS) is 11.5. The summed E-state index contributed by atoms with van der Waals surface area (Å²) in [5, 5.41) is 10.8. The van der Waals surface area contributed by atoms with Crippen molar-refractivity contribution in [3.8, 4) is 11.1 Å². The Labute approximate surface area is 127 Å². The van der Waals surface area contributed by atoms with Gasteiger partial charge >= 0.3 is 0 Å². The van der Waals surface area contributed by atoms with Gasteiger partial charge in [-0.1, -0.05) is 48.5 Å². The molecule has 1 N–H and O–H groups in total. The summed E-state index contributed by atoms with van der Waals surface area (Å²) in [4.78, 5) is 2.95. The Morgan fingerprint density at radius 2 is 1.50 bits per heavy atom. The topological polar surface area (TPSA) is 54.5 Å². The van der Waals surface area contributed by atoms with Crippen molar-refractivity contribution < 1.29 is 0 Å². The van der Waals surface area contributed by atoms with Crippen LogP contribution in [0.2, 0.25) is 0 Å². The Kier molecular flexibility index (Phi) is 3.12. The molecule has 0 unspecified atom stereocenters. The van der Waals surface area contributed by atoms with E-state index in [1.807, 2.05) is 6.07 Å². The summed E-state index contributed by atoms with van der Waals surface area (Å²) in [6, 6.07) is 19.2. The zero-order chi connectivity index (χ0) is 14.8. The lowest BCUT2D eigenvalue weighted by molar-refractivity contribution is 0.895.